The second-order valence-corrected chi connectivity index (χ2v) is 11.4. The minimum Gasteiger partial charge on any atom is -0.357 e. The third-order valence-corrected chi connectivity index (χ3v) is 8.11. The highest BCUT2D eigenvalue weighted by Crippen LogP contribution is 2.26. The molecule has 3 aromatic carbocycles. The van der Waals surface area contributed by atoms with Crippen LogP contribution in [0.3, 0.4) is 0 Å². The van der Waals surface area contributed by atoms with Gasteiger partial charge in [0.2, 0.25) is 11.8 Å². The van der Waals surface area contributed by atoms with Crippen molar-refractivity contribution in [2.75, 3.05) is 17.9 Å². The van der Waals surface area contributed by atoms with Gasteiger partial charge >= 0.3 is 0 Å². The SMILES string of the molecule is CNC(=O)C(C)N(Cc1cccc(Br)c1)C(=O)CN(c1cccc(C)c1)S(=O)(=O)c1ccc(C)cc1. The van der Waals surface area contributed by atoms with Gasteiger partial charge in [-0.25, -0.2) is 8.42 Å². The summed E-state index contributed by atoms with van der Waals surface area (Å²) in [4.78, 5) is 27.7. The summed E-state index contributed by atoms with van der Waals surface area (Å²) in [7, 11) is -2.57. The van der Waals surface area contributed by atoms with Crippen molar-refractivity contribution in [2.24, 2.45) is 0 Å². The first-order valence-corrected chi connectivity index (χ1v) is 13.7. The van der Waals surface area contributed by atoms with Gasteiger partial charge in [-0.15, -0.1) is 0 Å². The fourth-order valence-electron chi connectivity index (χ4n) is 3.77. The van der Waals surface area contributed by atoms with E-state index >= 15 is 0 Å². The lowest BCUT2D eigenvalue weighted by Gasteiger charge is -2.32. The van der Waals surface area contributed by atoms with Gasteiger partial charge in [0.05, 0.1) is 10.6 Å². The zero-order valence-electron chi connectivity index (χ0n) is 20.7. The van der Waals surface area contributed by atoms with Crippen LogP contribution in [0.1, 0.15) is 23.6 Å². The normalized spacial score (nSPS) is 12.0. The zero-order chi connectivity index (χ0) is 26.5. The monoisotopic (exact) mass is 571 g/mol. The molecule has 0 aliphatic heterocycles. The Morgan fingerprint density at radius 3 is 2.22 bits per heavy atom. The molecule has 36 heavy (non-hydrogen) atoms. The van der Waals surface area contributed by atoms with Gasteiger partial charge in [0, 0.05) is 18.1 Å². The Hall–Kier alpha value is -3.17. The third-order valence-electron chi connectivity index (χ3n) is 5.83. The number of anilines is 1. The molecule has 2 amide bonds. The van der Waals surface area contributed by atoms with Gasteiger partial charge in [-0.05, 0) is 68.3 Å². The van der Waals surface area contributed by atoms with E-state index in [0.29, 0.717) is 5.69 Å². The standard InChI is InChI=1S/C27H30BrN3O4S/c1-19-11-13-25(14-12-19)36(34,35)31(24-10-5-7-20(2)15-24)18-26(32)30(21(3)27(33)29-4)17-22-8-6-9-23(28)16-22/h5-16,21H,17-18H2,1-4H3,(H,29,33). The Labute approximate surface area is 221 Å². The van der Waals surface area contributed by atoms with Crippen molar-refractivity contribution in [1.82, 2.24) is 10.2 Å². The lowest BCUT2D eigenvalue weighted by molar-refractivity contribution is -0.139. The average molecular weight is 573 g/mol. The van der Waals surface area contributed by atoms with Gasteiger partial charge in [0.1, 0.15) is 12.6 Å². The molecule has 0 bridgehead atoms. The van der Waals surface area contributed by atoms with E-state index in [1.54, 1.807) is 37.3 Å². The number of carbonyl (C=O) groups is 2. The summed E-state index contributed by atoms with van der Waals surface area (Å²) >= 11 is 3.43. The van der Waals surface area contributed by atoms with Crippen LogP contribution in [-0.2, 0) is 26.2 Å². The van der Waals surface area contributed by atoms with E-state index in [-0.39, 0.29) is 17.3 Å². The number of sulfonamides is 1. The van der Waals surface area contributed by atoms with Crippen molar-refractivity contribution in [3.8, 4) is 0 Å². The maximum atomic E-state index is 13.7. The van der Waals surface area contributed by atoms with Crippen LogP contribution in [-0.4, -0.2) is 44.8 Å². The molecule has 0 saturated carbocycles. The number of amides is 2. The summed E-state index contributed by atoms with van der Waals surface area (Å²) in [6.07, 6.45) is 0. The molecule has 1 unspecified atom stereocenters. The van der Waals surface area contributed by atoms with Crippen LogP contribution in [0.5, 0.6) is 0 Å². The van der Waals surface area contributed by atoms with Gasteiger partial charge in [0.15, 0.2) is 0 Å². The number of halogens is 1. The number of hydrogen-bond acceptors (Lipinski definition) is 4. The highest BCUT2D eigenvalue weighted by molar-refractivity contribution is 9.10. The van der Waals surface area contributed by atoms with Crippen molar-refractivity contribution in [2.45, 2.75) is 38.3 Å². The number of likely N-dealkylation sites (N-methyl/N-ethyl adjacent to an activating group) is 1. The Bertz CT molecular complexity index is 1340. The molecule has 0 spiro atoms. The first-order valence-electron chi connectivity index (χ1n) is 11.4. The second-order valence-electron chi connectivity index (χ2n) is 8.61. The molecule has 0 fully saturated rings. The molecular formula is C27H30BrN3O4S. The molecule has 0 radical (unpaired) electrons. The highest BCUT2D eigenvalue weighted by Gasteiger charge is 2.32. The quantitative estimate of drug-likeness (QED) is 0.411. The van der Waals surface area contributed by atoms with Gasteiger partial charge in [-0.1, -0.05) is 57.9 Å². The Morgan fingerprint density at radius 1 is 0.944 bits per heavy atom. The lowest BCUT2D eigenvalue weighted by Crippen LogP contribution is -2.50. The van der Waals surface area contributed by atoms with E-state index in [1.165, 1.54) is 24.1 Å². The zero-order valence-corrected chi connectivity index (χ0v) is 23.1. The van der Waals surface area contributed by atoms with Crippen LogP contribution >= 0.6 is 15.9 Å². The number of hydrogen-bond donors (Lipinski definition) is 1. The van der Waals surface area contributed by atoms with Crippen LogP contribution in [0.4, 0.5) is 5.69 Å². The van der Waals surface area contributed by atoms with Gasteiger partial charge in [-0.2, -0.15) is 0 Å². The number of nitrogens with one attached hydrogen (secondary N) is 1. The number of rotatable bonds is 9. The average Bonchev–Trinajstić information content (AvgIpc) is 2.85. The number of carbonyl (C=O) groups excluding carboxylic acids is 2. The molecule has 1 atom stereocenters. The topological polar surface area (TPSA) is 86.8 Å². The van der Waals surface area contributed by atoms with Crippen molar-refractivity contribution in [3.05, 3.63) is 94.0 Å². The van der Waals surface area contributed by atoms with E-state index < -0.39 is 28.5 Å². The lowest BCUT2D eigenvalue weighted by atomic mass is 10.1. The second kappa shape index (κ2) is 11.7. The Kier molecular flexibility index (Phi) is 8.92. The van der Waals surface area contributed by atoms with E-state index in [2.05, 4.69) is 21.2 Å². The van der Waals surface area contributed by atoms with Crippen LogP contribution in [0.25, 0.3) is 0 Å². The van der Waals surface area contributed by atoms with Gasteiger partial charge in [0.25, 0.3) is 10.0 Å². The Morgan fingerprint density at radius 2 is 1.61 bits per heavy atom. The highest BCUT2D eigenvalue weighted by atomic mass is 79.9. The van der Waals surface area contributed by atoms with Crippen molar-refractivity contribution < 1.29 is 18.0 Å². The fraction of sp³-hybridized carbons (Fsp3) is 0.259. The molecular weight excluding hydrogens is 542 g/mol. The molecule has 0 heterocycles. The molecule has 7 nitrogen and oxygen atoms in total. The largest absolute Gasteiger partial charge is 0.357 e. The first-order chi connectivity index (χ1) is 17.0. The van der Waals surface area contributed by atoms with Crippen molar-refractivity contribution in [3.63, 3.8) is 0 Å². The number of benzene rings is 3. The van der Waals surface area contributed by atoms with Crippen LogP contribution in [0.2, 0.25) is 0 Å². The van der Waals surface area contributed by atoms with E-state index in [1.807, 2.05) is 44.2 Å². The number of aryl methyl sites for hydroxylation is 2. The van der Waals surface area contributed by atoms with Crippen LogP contribution in [0, 0.1) is 13.8 Å². The summed E-state index contributed by atoms with van der Waals surface area (Å²) in [6.45, 7) is 5.03. The third kappa shape index (κ3) is 6.53. The maximum absolute atomic E-state index is 13.7. The summed E-state index contributed by atoms with van der Waals surface area (Å²) in [5.74, 6) is -0.842. The molecule has 190 valence electrons. The van der Waals surface area contributed by atoms with Crippen molar-refractivity contribution >= 4 is 43.5 Å². The van der Waals surface area contributed by atoms with E-state index in [0.717, 1.165) is 25.5 Å². The summed E-state index contributed by atoms with van der Waals surface area (Å²) in [5.41, 5.74) is 2.96. The van der Waals surface area contributed by atoms with Crippen molar-refractivity contribution in [1.29, 1.82) is 0 Å². The molecule has 0 aromatic heterocycles. The molecule has 1 N–H and O–H groups in total. The molecule has 0 saturated heterocycles. The molecule has 3 rings (SSSR count). The minimum atomic E-state index is -4.07. The first kappa shape index (κ1) is 27.4. The predicted octanol–water partition coefficient (Wildman–Crippen LogP) is 4.42. The summed E-state index contributed by atoms with van der Waals surface area (Å²) in [6, 6.07) is 20.1. The minimum absolute atomic E-state index is 0.0836. The number of nitrogens with zero attached hydrogens (tertiary/aromatic N) is 2. The summed E-state index contributed by atoms with van der Waals surface area (Å²) < 4.78 is 29.4. The van der Waals surface area contributed by atoms with E-state index in [4.69, 9.17) is 0 Å². The molecule has 0 aliphatic rings. The van der Waals surface area contributed by atoms with Gasteiger partial charge < -0.3 is 10.2 Å². The predicted molar refractivity (Wildman–Crippen MR) is 145 cm³/mol. The smallest absolute Gasteiger partial charge is 0.264 e. The van der Waals surface area contributed by atoms with Crippen LogP contribution < -0.4 is 9.62 Å². The summed E-state index contributed by atoms with van der Waals surface area (Å²) in [5, 5.41) is 2.58. The maximum Gasteiger partial charge on any atom is 0.264 e. The Balaban J connectivity index is 2.03. The molecule has 9 heteroatoms. The molecule has 3 aromatic rings. The van der Waals surface area contributed by atoms with Gasteiger partial charge in [-0.3, -0.25) is 13.9 Å². The van der Waals surface area contributed by atoms with Crippen LogP contribution in [0.15, 0.2) is 82.2 Å². The fourth-order valence-corrected chi connectivity index (χ4v) is 5.63. The van der Waals surface area contributed by atoms with E-state index in [9.17, 15) is 18.0 Å². The molecule has 0 aliphatic carbocycles.